The van der Waals surface area contributed by atoms with Gasteiger partial charge in [0.05, 0.1) is 17.6 Å². The van der Waals surface area contributed by atoms with E-state index in [1.807, 2.05) is 0 Å². The third kappa shape index (κ3) is 4.13. The maximum absolute atomic E-state index is 11.0. The lowest BCUT2D eigenvalue weighted by Gasteiger charge is -2.15. The van der Waals surface area contributed by atoms with Crippen molar-refractivity contribution in [1.82, 2.24) is 0 Å². The summed E-state index contributed by atoms with van der Waals surface area (Å²) < 4.78 is 5.60. The van der Waals surface area contributed by atoms with Crippen molar-refractivity contribution >= 4 is 21.6 Å². The molecule has 0 aromatic heterocycles. The van der Waals surface area contributed by atoms with E-state index in [9.17, 15) is 20.3 Å². The number of nitro benzene ring substituents is 1. The normalized spacial score (nSPS) is 13.9. The highest BCUT2D eigenvalue weighted by Crippen LogP contribution is 2.37. The fourth-order valence-corrected chi connectivity index (χ4v) is 1.90. The third-order valence-electron chi connectivity index (χ3n) is 2.34. The van der Waals surface area contributed by atoms with Gasteiger partial charge in [-0.05, 0) is 13.0 Å². The molecule has 0 saturated heterocycles. The summed E-state index contributed by atoms with van der Waals surface area (Å²) in [6, 6.07) is 2.74. The first-order valence-electron chi connectivity index (χ1n) is 5.44. The number of nitro groups is 1. The molecule has 0 bridgehead atoms. The molecule has 0 aliphatic heterocycles. The van der Waals surface area contributed by atoms with Crippen LogP contribution in [-0.4, -0.2) is 39.6 Å². The van der Waals surface area contributed by atoms with Crippen molar-refractivity contribution in [3.63, 3.8) is 0 Å². The zero-order valence-electron chi connectivity index (χ0n) is 10.1. The number of ether oxygens (including phenoxy) is 1. The third-order valence-corrected chi connectivity index (χ3v) is 2.80. The zero-order valence-corrected chi connectivity index (χ0v) is 11.7. The monoisotopic (exact) mass is 335 g/mol. The summed E-state index contributed by atoms with van der Waals surface area (Å²) in [6.45, 7) is 0.619. The Kier molecular flexibility index (Phi) is 5.67. The molecule has 1 rings (SSSR count). The number of benzene rings is 1. The molecule has 8 heteroatoms. The van der Waals surface area contributed by atoms with Gasteiger partial charge >= 0.3 is 5.69 Å². The second kappa shape index (κ2) is 6.80. The van der Waals surface area contributed by atoms with Crippen molar-refractivity contribution in [3.05, 3.63) is 32.3 Å². The maximum Gasteiger partial charge on any atom is 0.312 e. The lowest BCUT2D eigenvalue weighted by atomic mass is 10.1. The van der Waals surface area contributed by atoms with Crippen LogP contribution in [0.1, 0.15) is 18.6 Å². The van der Waals surface area contributed by atoms with E-state index in [2.05, 4.69) is 15.9 Å². The molecule has 0 aliphatic rings. The largest absolute Gasteiger partial charge is 0.484 e. The Labute approximate surface area is 117 Å². The first-order valence-corrected chi connectivity index (χ1v) is 6.23. The summed E-state index contributed by atoms with van der Waals surface area (Å²) in [5.74, 6) is -0.115. The first kappa shape index (κ1) is 15.8. The van der Waals surface area contributed by atoms with Crippen LogP contribution in [0.15, 0.2) is 16.6 Å². The lowest BCUT2D eigenvalue weighted by molar-refractivity contribution is -0.386. The van der Waals surface area contributed by atoms with Crippen molar-refractivity contribution in [1.29, 1.82) is 0 Å². The summed E-state index contributed by atoms with van der Waals surface area (Å²) >= 11 is 3.12. The molecule has 0 heterocycles. The summed E-state index contributed by atoms with van der Waals surface area (Å²) in [6.07, 6.45) is -2.12. The zero-order chi connectivity index (χ0) is 14.6. The topological polar surface area (TPSA) is 113 Å². The highest BCUT2D eigenvalue weighted by molar-refractivity contribution is 9.10. The van der Waals surface area contributed by atoms with Gasteiger partial charge in [-0.25, -0.2) is 0 Å². The standard InChI is InChI=1S/C11H14BrNO6/c1-6(15)9-2-7(12)3-10(13(17)18)11(9)19-5-8(16)4-14/h2-3,6,8,14-16H,4-5H2,1H3. The van der Waals surface area contributed by atoms with E-state index in [-0.39, 0.29) is 23.6 Å². The van der Waals surface area contributed by atoms with Gasteiger partial charge in [-0.3, -0.25) is 10.1 Å². The van der Waals surface area contributed by atoms with Gasteiger partial charge in [-0.15, -0.1) is 0 Å². The maximum atomic E-state index is 11.0. The minimum Gasteiger partial charge on any atom is -0.484 e. The van der Waals surface area contributed by atoms with Crippen LogP contribution in [0.3, 0.4) is 0 Å². The molecular weight excluding hydrogens is 322 g/mol. The highest BCUT2D eigenvalue weighted by atomic mass is 79.9. The summed E-state index contributed by atoms with van der Waals surface area (Å²) in [5.41, 5.74) is -0.0957. The predicted octanol–water partition coefficient (Wildman–Crippen LogP) is 1.14. The van der Waals surface area contributed by atoms with Crippen LogP contribution in [0.25, 0.3) is 0 Å². The van der Waals surface area contributed by atoms with Crippen LogP contribution in [0.2, 0.25) is 0 Å². The SMILES string of the molecule is CC(O)c1cc(Br)cc([N+](=O)[O-])c1OCC(O)CO. The molecule has 1 aromatic rings. The molecule has 0 spiro atoms. The van der Waals surface area contributed by atoms with E-state index in [1.54, 1.807) is 0 Å². The average molecular weight is 336 g/mol. The molecule has 0 aliphatic carbocycles. The van der Waals surface area contributed by atoms with Crippen molar-refractivity contribution in [2.24, 2.45) is 0 Å². The van der Waals surface area contributed by atoms with E-state index < -0.39 is 23.7 Å². The highest BCUT2D eigenvalue weighted by Gasteiger charge is 2.24. The van der Waals surface area contributed by atoms with Crippen LogP contribution in [-0.2, 0) is 0 Å². The molecule has 0 saturated carbocycles. The van der Waals surface area contributed by atoms with Crippen molar-refractivity contribution < 1.29 is 25.0 Å². The fraction of sp³-hybridized carbons (Fsp3) is 0.455. The number of hydrogen-bond acceptors (Lipinski definition) is 6. The first-order chi connectivity index (χ1) is 8.86. The molecule has 1 aromatic carbocycles. The smallest absolute Gasteiger partial charge is 0.312 e. The van der Waals surface area contributed by atoms with E-state index in [1.165, 1.54) is 19.1 Å². The van der Waals surface area contributed by atoms with Gasteiger partial charge in [-0.1, -0.05) is 15.9 Å². The predicted molar refractivity (Wildman–Crippen MR) is 70.0 cm³/mol. The van der Waals surface area contributed by atoms with Gasteiger partial charge in [-0.2, -0.15) is 0 Å². The minimum atomic E-state index is -1.15. The van der Waals surface area contributed by atoms with E-state index in [4.69, 9.17) is 9.84 Å². The van der Waals surface area contributed by atoms with Crippen molar-refractivity contribution in [3.8, 4) is 5.75 Å². The Morgan fingerprint density at radius 2 is 2.11 bits per heavy atom. The number of aliphatic hydroxyl groups excluding tert-OH is 3. The molecule has 2 atom stereocenters. The molecule has 3 N–H and O–H groups in total. The molecule has 106 valence electrons. The van der Waals surface area contributed by atoms with E-state index in [0.29, 0.717) is 4.47 Å². The second-order valence-corrected chi connectivity index (χ2v) is 4.84. The van der Waals surface area contributed by atoms with Gasteiger partial charge < -0.3 is 20.1 Å². The number of rotatable bonds is 6. The van der Waals surface area contributed by atoms with Gasteiger partial charge in [0.1, 0.15) is 12.7 Å². The Balaban J connectivity index is 3.19. The molecular formula is C11H14BrNO6. The minimum absolute atomic E-state index is 0.115. The molecule has 2 unspecified atom stereocenters. The Hall–Kier alpha value is -1.22. The number of nitrogens with zero attached hydrogens (tertiary/aromatic N) is 1. The van der Waals surface area contributed by atoms with Gasteiger partial charge in [0, 0.05) is 16.1 Å². The lowest BCUT2D eigenvalue weighted by Crippen LogP contribution is -2.22. The Morgan fingerprint density at radius 1 is 1.47 bits per heavy atom. The van der Waals surface area contributed by atoms with Crippen molar-refractivity contribution in [2.75, 3.05) is 13.2 Å². The number of halogens is 1. The molecule has 0 fully saturated rings. The number of aliphatic hydroxyl groups is 3. The number of hydrogen-bond donors (Lipinski definition) is 3. The van der Waals surface area contributed by atoms with E-state index in [0.717, 1.165) is 0 Å². The second-order valence-electron chi connectivity index (χ2n) is 3.92. The van der Waals surface area contributed by atoms with Crippen LogP contribution >= 0.6 is 15.9 Å². The van der Waals surface area contributed by atoms with E-state index >= 15 is 0 Å². The Morgan fingerprint density at radius 3 is 2.58 bits per heavy atom. The average Bonchev–Trinajstić information content (AvgIpc) is 2.35. The van der Waals surface area contributed by atoms with Crippen LogP contribution in [0.5, 0.6) is 5.75 Å². The van der Waals surface area contributed by atoms with Gasteiger partial charge in [0.2, 0.25) is 5.75 Å². The molecule has 0 amide bonds. The van der Waals surface area contributed by atoms with Crippen LogP contribution < -0.4 is 4.74 Å². The van der Waals surface area contributed by atoms with Gasteiger partial charge in [0.15, 0.2) is 0 Å². The summed E-state index contributed by atoms with van der Waals surface area (Å²) in [7, 11) is 0. The summed E-state index contributed by atoms with van der Waals surface area (Å²) in [5, 5.41) is 38.5. The molecule has 0 radical (unpaired) electrons. The quantitative estimate of drug-likeness (QED) is 0.530. The van der Waals surface area contributed by atoms with Gasteiger partial charge in [0.25, 0.3) is 0 Å². The molecule has 7 nitrogen and oxygen atoms in total. The molecule has 19 heavy (non-hydrogen) atoms. The van der Waals surface area contributed by atoms with Crippen LogP contribution in [0.4, 0.5) is 5.69 Å². The summed E-state index contributed by atoms with van der Waals surface area (Å²) in [4.78, 5) is 10.3. The fourth-order valence-electron chi connectivity index (χ4n) is 1.44. The van der Waals surface area contributed by atoms with Crippen LogP contribution in [0, 0.1) is 10.1 Å². The van der Waals surface area contributed by atoms with Crippen molar-refractivity contribution in [2.45, 2.75) is 19.1 Å². The Bertz CT molecular complexity index is 465.